The zero-order valence-corrected chi connectivity index (χ0v) is 6.05. The van der Waals surface area contributed by atoms with Crippen molar-refractivity contribution < 1.29 is 5.11 Å². The van der Waals surface area contributed by atoms with Gasteiger partial charge in [0.1, 0.15) is 5.44 Å². The first-order valence-corrected chi connectivity index (χ1v) is 2.69. The number of halogens is 1. The minimum atomic E-state index is -0.558. The number of aliphatic hydroxyl groups is 1. The Morgan fingerprint density at radius 2 is 2.25 bits per heavy atom. The second-order valence-corrected chi connectivity index (χ2v) is 2.44. The van der Waals surface area contributed by atoms with E-state index in [-0.39, 0.29) is 17.6 Å². The second-order valence-electron chi connectivity index (χ2n) is 1.08. The summed E-state index contributed by atoms with van der Waals surface area (Å²) in [6, 6.07) is 0. The van der Waals surface area contributed by atoms with E-state index >= 15 is 0 Å². The SMILES string of the molecule is CC(O)SC(=N)N.Cl. The quantitative estimate of drug-likeness (QED) is 0.292. The maximum absolute atomic E-state index is 8.46. The molecule has 0 aromatic rings. The first kappa shape index (κ1) is 10.9. The molecule has 0 bridgehead atoms. The molecule has 1 atom stereocenters. The third kappa shape index (κ3) is 9.42. The first-order valence-electron chi connectivity index (χ1n) is 1.81. The highest BCUT2D eigenvalue weighted by Crippen LogP contribution is 2.03. The molecular formula is C3H9ClN2OS. The fourth-order valence-electron chi connectivity index (χ4n) is 0.184. The van der Waals surface area contributed by atoms with E-state index in [2.05, 4.69) is 0 Å². The molecule has 3 nitrogen and oxygen atoms in total. The van der Waals surface area contributed by atoms with Crippen molar-refractivity contribution in [3.05, 3.63) is 0 Å². The Morgan fingerprint density at radius 3 is 2.25 bits per heavy atom. The van der Waals surface area contributed by atoms with E-state index in [0.29, 0.717) is 0 Å². The van der Waals surface area contributed by atoms with E-state index < -0.39 is 5.44 Å². The topological polar surface area (TPSA) is 70.1 Å². The van der Waals surface area contributed by atoms with Gasteiger partial charge < -0.3 is 10.8 Å². The van der Waals surface area contributed by atoms with Crippen LogP contribution in [0.3, 0.4) is 0 Å². The Labute approximate surface area is 58.6 Å². The molecule has 0 spiro atoms. The summed E-state index contributed by atoms with van der Waals surface area (Å²) in [6.45, 7) is 1.56. The van der Waals surface area contributed by atoms with Crippen LogP contribution in [0.2, 0.25) is 0 Å². The normalized spacial score (nSPS) is 11.8. The minimum absolute atomic E-state index is 0. The van der Waals surface area contributed by atoms with Crippen LogP contribution in [0.4, 0.5) is 0 Å². The van der Waals surface area contributed by atoms with Crippen molar-refractivity contribution in [2.75, 3.05) is 0 Å². The van der Waals surface area contributed by atoms with Gasteiger partial charge in [0.2, 0.25) is 0 Å². The van der Waals surface area contributed by atoms with E-state index in [0.717, 1.165) is 11.8 Å². The van der Waals surface area contributed by atoms with Crippen molar-refractivity contribution in [1.82, 2.24) is 0 Å². The second kappa shape index (κ2) is 5.21. The highest BCUT2D eigenvalue weighted by molar-refractivity contribution is 8.14. The molecule has 0 heterocycles. The summed E-state index contributed by atoms with van der Waals surface area (Å²) in [5.41, 5.74) is 4.32. The molecule has 8 heavy (non-hydrogen) atoms. The van der Waals surface area contributed by atoms with Crippen LogP contribution in [-0.2, 0) is 0 Å². The van der Waals surface area contributed by atoms with Crippen LogP contribution in [0.15, 0.2) is 0 Å². The van der Waals surface area contributed by atoms with Gasteiger partial charge in [0.15, 0.2) is 5.17 Å². The van der Waals surface area contributed by atoms with Crippen molar-refractivity contribution in [1.29, 1.82) is 5.41 Å². The Balaban J connectivity index is 0. The van der Waals surface area contributed by atoms with Gasteiger partial charge in [-0.1, -0.05) is 11.8 Å². The van der Waals surface area contributed by atoms with Gasteiger partial charge in [0, 0.05) is 0 Å². The van der Waals surface area contributed by atoms with Crippen molar-refractivity contribution >= 4 is 29.3 Å². The molecule has 0 aliphatic rings. The molecule has 5 heteroatoms. The zero-order valence-electron chi connectivity index (χ0n) is 4.42. The number of hydrogen-bond donors (Lipinski definition) is 3. The summed E-state index contributed by atoms with van der Waals surface area (Å²) in [7, 11) is 0. The van der Waals surface area contributed by atoms with Crippen molar-refractivity contribution in [3.63, 3.8) is 0 Å². The molecule has 0 amide bonds. The lowest BCUT2D eigenvalue weighted by atomic mass is 10.9. The van der Waals surface area contributed by atoms with Gasteiger partial charge in [-0.25, -0.2) is 0 Å². The van der Waals surface area contributed by atoms with E-state index in [1.165, 1.54) is 0 Å². The predicted molar refractivity (Wildman–Crippen MR) is 38.4 cm³/mol. The standard InChI is InChI=1S/C3H8N2OS.ClH/c1-2(6)7-3(4)5;/h2,6H,1H3,(H3,4,5);1H. The van der Waals surface area contributed by atoms with Crippen LogP contribution in [-0.4, -0.2) is 15.7 Å². The van der Waals surface area contributed by atoms with Gasteiger partial charge in [-0.05, 0) is 6.92 Å². The lowest BCUT2D eigenvalue weighted by Crippen LogP contribution is -2.08. The molecule has 1 unspecified atom stereocenters. The fourth-order valence-corrected chi connectivity index (χ4v) is 0.551. The predicted octanol–water partition coefficient (Wildman–Crippen LogP) is 0.373. The monoisotopic (exact) mass is 156 g/mol. The molecule has 0 fully saturated rings. The number of hydrogen-bond acceptors (Lipinski definition) is 3. The van der Waals surface area contributed by atoms with E-state index in [1.54, 1.807) is 6.92 Å². The number of rotatable bonds is 1. The van der Waals surface area contributed by atoms with Crippen molar-refractivity contribution in [2.45, 2.75) is 12.4 Å². The smallest absolute Gasteiger partial charge is 0.153 e. The number of nitrogens with one attached hydrogen (secondary N) is 1. The van der Waals surface area contributed by atoms with Gasteiger partial charge in [-0.2, -0.15) is 0 Å². The van der Waals surface area contributed by atoms with Gasteiger partial charge in [-0.3, -0.25) is 5.41 Å². The molecular weight excluding hydrogens is 148 g/mol. The molecule has 4 N–H and O–H groups in total. The number of nitrogens with two attached hydrogens (primary N) is 1. The Morgan fingerprint density at radius 1 is 1.88 bits per heavy atom. The molecule has 0 saturated carbocycles. The number of amidine groups is 1. The molecule has 0 aliphatic heterocycles. The highest BCUT2D eigenvalue weighted by atomic mass is 35.5. The van der Waals surface area contributed by atoms with Gasteiger partial charge in [-0.15, -0.1) is 12.4 Å². The average molecular weight is 157 g/mol. The summed E-state index contributed by atoms with van der Waals surface area (Å²) in [5.74, 6) is 0. The van der Waals surface area contributed by atoms with E-state index in [4.69, 9.17) is 16.2 Å². The Hall–Kier alpha value is 0.0700. The van der Waals surface area contributed by atoms with Crippen LogP contribution in [0.1, 0.15) is 6.92 Å². The zero-order chi connectivity index (χ0) is 5.86. The molecule has 0 aromatic carbocycles. The third-order valence-corrected chi connectivity index (χ3v) is 0.893. The summed E-state index contributed by atoms with van der Waals surface area (Å²) in [4.78, 5) is 0. The summed E-state index contributed by atoms with van der Waals surface area (Å²) in [6.07, 6.45) is 0. The first-order chi connectivity index (χ1) is 3.13. The van der Waals surface area contributed by atoms with E-state index in [9.17, 15) is 0 Å². The fraction of sp³-hybridized carbons (Fsp3) is 0.667. The summed E-state index contributed by atoms with van der Waals surface area (Å²) in [5, 5.41) is 15.0. The molecule has 0 saturated heterocycles. The third-order valence-electron chi connectivity index (χ3n) is 0.298. The molecule has 0 rings (SSSR count). The Kier molecular flexibility index (Phi) is 7.13. The van der Waals surface area contributed by atoms with Gasteiger partial charge in [0.05, 0.1) is 0 Å². The van der Waals surface area contributed by atoms with Crippen molar-refractivity contribution in [2.24, 2.45) is 5.73 Å². The molecule has 50 valence electrons. The summed E-state index contributed by atoms with van der Waals surface area (Å²) < 4.78 is 0. The maximum Gasteiger partial charge on any atom is 0.153 e. The van der Waals surface area contributed by atoms with Crippen molar-refractivity contribution in [3.8, 4) is 0 Å². The van der Waals surface area contributed by atoms with Crippen LogP contribution in [0, 0.1) is 5.41 Å². The highest BCUT2D eigenvalue weighted by Gasteiger charge is 1.94. The Bertz CT molecular complexity index is 77.7. The van der Waals surface area contributed by atoms with E-state index in [1.807, 2.05) is 0 Å². The number of aliphatic hydroxyl groups excluding tert-OH is 1. The van der Waals surface area contributed by atoms with Gasteiger partial charge in [0.25, 0.3) is 0 Å². The van der Waals surface area contributed by atoms with Crippen LogP contribution >= 0.6 is 24.2 Å². The van der Waals surface area contributed by atoms with Gasteiger partial charge >= 0.3 is 0 Å². The summed E-state index contributed by atoms with van der Waals surface area (Å²) >= 11 is 0.926. The maximum atomic E-state index is 8.46. The van der Waals surface area contributed by atoms with Crippen LogP contribution in [0.25, 0.3) is 0 Å². The lowest BCUT2D eigenvalue weighted by Gasteiger charge is -1.97. The van der Waals surface area contributed by atoms with Crippen LogP contribution < -0.4 is 5.73 Å². The average Bonchev–Trinajstić information content (AvgIpc) is 1.27. The minimum Gasteiger partial charge on any atom is -0.382 e. The molecule has 0 aliphatic carbocycles. The number of thioether (sulfide) groups is 1. The van der Waals surface area contributed by atoms with Crippen LogP contribution in [0.5, 0.6) is 0 Å². The lowest BCUT2D eigenvalue weighted by molar-refractivity contribution is 0.285. The molecule has 0 aromatic heterocycles. The molecule has 0 radical (unpaired) electrons. The largest absolute Gasteiger partial charge is 0.382 e.